The fourth-order valence-electron chi connectivity index (χ4n) is 4.31. The monoisotopic (exact) mass is 349 g/mol. The number of fused-ring (bicyclic) bond motifs is 2. The maximum absolute atomic E-state index is 13.0. The molecule has 1 aliphatic carbocycles. The Labute approximate surface area is 143 Å². The maximum atomic E-state index is 13.0. The second kappa shape index (κ2) is 5.47. The predicted octanol–water partition coefficient (Wildman–Crippen LogP) is 1.19. The molecule has 1 aromatic heterocycles. The van der Waals surface area contributed by atoms with Gasteiger partial charge in [0.05, 0.1) is 10.9 Å². The van der Waals surface area contributed by atoms with Crippen LogP contribution in [-0.4, -0.2) is 58.5 Å². The molecule has 1 unspecified atom stereocenters. The molecule has 3 aliphatic heterocycles. The maximum Gasteiger partial charge on any atom is 0.410 e. The van der Waals surface area contributed by atoms with Crippen molar-refractivity contribution in [3.05, 3.63) is 22.4 Å². The zero-order valence-corrected chi connectivity index (χ0v) is 14.0. The lowest BCUT2D eigenvalue weighted by Crippen LogP contribution is -2.73. The molecule has 4 heterocycles. The van der Waals surface area contributed by atoms with E-state index in [-0.39, 0.29) is 24.5 Å². The number of nitrogens with zero attached hydrogens (tertiary/aromatic N) is 2. The van der Waals surface area contributed by atoms with Crippen molar-refractivity contribution in [2.45, 2.75) is 43.4 Å². The number of primary amides is 1. The van der Waals surface area contributed by atoms with E-state index in [1.54, 1.807) is 0 Å². The lowest BCUT2D eigenvalue weighted by atomic mass is 9.70. The first kappa shape index (κ1) is 15.4. The minimum Gasteiger partial charge on any atom is -0.441 e. The van der Waals surface area contributed by atoms with Gasteiger partial charge in [-0.25, -0.2) is 4.79 Å². The Kier molecular flexibility index (Phi) is 3.52. The molecule has 0 aromatic carbocycles. The fourth-order valence-corrected chi connectivity index (χ4v) is 4.98. The molecule has 2 N–H and O–H groups in total. The van der Waals surface area contributed by atoms with Gasteiger partial charge in [0, 0.05) is 12.6 Å². The van der Waals surface area contributed by atoms with Gasteiger partial charge in [-0.3, -0.25) is 14.5 Å². The summed E-state index contributed by atoms with van der Waals surface area (Å²) in [6.07, 6.45) is 2.72. The van der Waals surface area contributed by atoms with Crippen molar-refractivity contribution in [3.8, 4) is 0 Å². The van der Waals surface area contributed by atoms with E-state index in [1.165, 1.54) is 16.2 Å². The van der Waals surface area contributed by atoms with Gasteiger partial charge in [-0.15, -0.1) is 11.3 Å². The third-order valence-corrected chi connectivity index (χ3v) is 6.25. The Morgan fingerprint density at radius 3 is 2.75 bits per heavy atom. The number of rotatable bonds is 3. The zero-order valence-electron chi connectivity index (χ0n) is 13.1. The first-order valence-corrected chi connectivity index (χ1v) is 9.00. The van der Waals surface area contributed by atoms with Gasteiger partial charge < -0.3 is 15.4 Å². The van der Waals surface area contributed by atoms with Crippen LogP contribution in [0.15, 0.2) is 17.5 Å². The molecule has 1 spiro atoms. The normalized spacial score (nSPS) is 31.6. The number of piperidine rings is 2. The molecule has 1 saturated carbocycles. The molecular weight excluding hydrogens is 330 g/mol. The molecule has 2 bridgehead atoms. The van der Waals surface area contributed by atoms with E-state index < -0.39 is 17.6 Å². The number of hydrogen-bond donors (Lipinski definition) is 1. The van der Waals surface area contributed by atoms with Gasteiger partial charge in [0.25, 0.3) is 5.91 Å². The number of carbonyl (C=O) groups excluding carboxylic acids is 3. The molecule has 128 valence electrons. The van der Waals surface area contributed by atoms with E-state index >= 15 is 0 Å². The highest BCUT2D eigenvalue weighted by atomic mass is 32.1. The molecule has 1 atom stereocenters. The van der Waals surface area contributed by atoms with E-state index in [0.29, 0.717) is 11.4 Å². The SMILES string of the molecule is NC(=O)CN1CC2N(C(=O)c3cccs3)C3CCC2(CC3)OC1=O. The summed E-state index contributed by atoms with van der Waals surface area (Å²) in [5.41, 5.74) is 4.61. The number of amides is 3. The Morgan fingerprint density at radius 1 is 1.38 bits per heavy atom. The van der Waals surface area contributed by atoms with Crippen LogP contribution in [0.5, 0.6) is 0 Å². The minimum atomic E-state index is -0.618. The van der Waals surface area contributed by atoms with Gasteiger partial charge in [0.1, 0.15) is 12.1 Å². The van der Waals surface area contributed by atoms with Crippen LogP contribution in [-0.2, 0) is 9.53 Å². The van der Waals surface area contributed by atoms with Crippen molar-refractivity contribution < 1.29 is 19.1 Å². The average molecular weight is 349 g/mol. The molecule has 4 aliphatic rings. The van der Waals surface area contributed by atoms with Crippen molar-refractivity contribution in [1.29, 1.82) is 0 Å². The summed E-state index contributed by atoms with van der Waals surface area (Å²) in [6.45, 7) is 0.118. The average Bonchev–Trinajstić information content (AvgIpc) is 3.08. The van der Waals surface area contributed by atoms with Crippen LogP contribution in [0.25, 0.3) is 0 Å². The molecule has 5 rings (SSSR count). The standard InChI is InChI=1S/C16H19N3O4S/c17-13(20)9-18-8-12-16(23-15(18)22)5-3-10(4-6-16)19(12)14(21)11-2-1-7-24-11/h1-2,7,10,12H,3-6,8-9H2,(H2,17,20). The van der Waals surface area contributed by atoms with Crippen LogP contribution >= 0.6 is 11.3 Å². The molecule has 3 saturated heterocycles. The predicted molar refractivity (Wildman–Crippen MR) is 86.5 cm³/mol. The van der Waals surface area contributed by atoms with Crippen LogP contribution < -0.4 is 5.73 Å². The van der Waals surface area contributed by atoms with E-state index in [2.05, 4.69) is 0 Å². The van der Waals surface area contributed by atoms with Gasteiger partial charge in [0.2, 0.25) is 5.91 Å². The van der Waals surface area contributed by atoms with Gasteiger partial charge in [0.15, 0.2) is 0 Å². The van der Waals surface area contributed by atoms with Gasteiger partial charge >= 0.3 is 6.09 Å². The van der Waals surface area contributed by atoms with E-state index in [9.17, 15) is 14.4 Å². The Morgan fingerprint density at radius 2 is 2.12 bits per heavy atom. The second-order valence-corrected chi connectivity index (χ2v) is 7.66. The van der Waals surface area contributed by atoms with E-state index in [4.69, 9.17) is 10.5 Å². The number of carbonyl (C=O) groups is 3. The molecule has 7 nitrogen and oxygen atoms in total. The summed E-state index contributed by atoms with van der Waals surface area (Å²) in [5.74, 6) is -0.597. The fraction of sp³-hybridized carbons (Fsp3) is 0.562. The smallest absolute Gasteiger partial charge is 0.410 e. The van der Waals surface area contributed by atoms with Crippen LogP contribution in [0.3, 0.4) is 0 Å². The number of nitrogens with two attached hydrogens (primary N) is 1. The van der Waals surface area contributed by atoms with Crippen molar-refractivity contribution in [3.63, 3.8) is 0 Å². The second-order valence-electron chi connectivity index (χ2n) is 6.72. The third kappa shape index (κ3) is 2.28. The molecule has 4 fully saturated rings. The summed E-state index contributed by atoms with van der Waals surface area (Å²) >= 11 is 1.41. The largest absolute Gasteiger partial charge is 0.441 e. The van der Waals surface area contributed by atoms with Crippen LogP contribution in [0, 0.1) is 0 Å². The summed E-state index contributed by atoms with van der Waals surface area (Å²) < 4.78 is 5.76. The van der Waals surface area contributed by atoms with Crippen molar-refractivity contribution in [1.82, 2.24) is 9.80 Å². The highest BCUT2D eigenvalue weighted by molar-refractivity contribution is 7.12. The Bertz CT molecular complexity index is 682. The molecule has 0 radical (unpaired) electrons. The first-order valence-electron chi connectivity index (χ1n) is 8.12. The minimum absolute atomic E-state index is 0.0132. The molecule has 1 aromatic rings. The molecule has 3 amide bonds. The zero-order chi connectivity index (χ0) is 16.9. The lowest BCUT2D eigenvalue weighted by Gasteiger charge is -2.60. The molecule has 24 heavy (non-hydrogen) atoms. The quantitative estimate of drug-likeness (QED) is 0.887. The topological polar surface area (TPSA) is 92.9 Å². The van der Waals surface area contributed by atoms with E-state index in [1.807, 2.05) is 22.4 Å². The molecular formula is C16H19N3O4S. The van der Waals surface area contributed by atoms with Crippen molar-refractivity contribution in [2.24, 2.45) is 5.73 Å². The third-order valence-electron chi connectivity index (χ3n) is 5.39. The summed E-state index contributed by atoms with van der Waals surface area (Å²) in [4.78, 5) is 40.4. The van der Waals surface area contributed by atoms with Gasteiger partial charge in [-0.1, -0.05) is 6.07 Å². The summed E-state index contributed by atoms with van der Waals surface area (Å²) in [7, 11) is 0. The number of ether oxygens (including phenoxy) is 1. The van der Waals surface area contributed by atoms with E-state index in [0.717, 1.165) is 25.7 Å². The van der Waals surface area contributed by atoms with Gasteiger partial charge in [-0.05, 0) is 37.1 Å². The Balaban J connectivity index is 1.66. The first-order chi connectivity index (χ1) is 11.5. The van der Waals surface area contributed by atoms with Crippen LogP contribution in [0.2, 0.25) is 0 Å². The van der Waals surface area contributed by atoms with Gasteiger partial charge in [-0.2, -0.15) is 0 Å². The Hall–Kier alpha value is -2.09. The van der Waals surface area contributed by atoms with Crippen molar-refractivity contribution >= 4 is 29.2 Å². The lowest BCUT2D eigenvalue weighted by molar-refractivity contribution is -0.164. The molecule has 8 heteroatoms. The summed E-state index contributed by atoms with van der Waals surface area (Å²) in [5, 5.41) is 1.88. The highest BCUT2D eigenvalue weighted by Gasteiger charge is 2.59. The van der Waals surface area contributed by atoms with Crippen molar-refractivity contribution in [2.75, 3.05) is 13.1 Å². The highest BCUT2D eigenvalue weighted by Crippen LogP contribution is 2.48. The van der Waals surface area contributed by atoms with Crippen LogP contribution in [0.1, 0.15) is 35.4 Å². The summed E-state index contributed by atoms with van der Waals surface area (Å²) in [6, 6.07) is 3.61. The van der Waals surface area contributed by atoms with Crippen LogP contribution in [0.4, 0.5) is 4.79 Å². The number of hydrogen-bond acceptors (Lipinski definition) is 5. The number of thiophene rings is 1.